The smallest absolute Gasteiger partial charge is 0.236 e. The Kier molecular flexibility index (Phi) is 8.14. The summed E-state index contributed by atoms with van der Waals surface area (Å²) in [7, 11) is 6.39. The second kappa shape index (κ2) is 11.7. The van der Waals surface area contributed by atoms with Crippen molar-refractivity contribution in [3.8, 4) is 23.0 Å². The van der Waals surface area contributed by atoms with Gasteiger partial charge >= 0.3 is 0 Å². The van der Waals surface area contributed by atoms with Crippen LogP contribution in [0.2, 0.25) is 0 Å². The number of nitrogens with one attached hydrogen (secondary N) is 1. The Balaban J connectivity index is 1.76. The average molecular weight is 495 g/mol. The van der Waals surface area contributed by atoms with Gasteiger partial charge in [-0.2, -0.15) is 15.0 Å². The fourth-order valence-corrected chi connectivity index (χ4v) is 4.41. The van der Waals surface area contributed by atoms with E-state index in [2.05, 4.69) is 15.3 Å². The zero-order chi connectivity index (χ0) is 25.5. The second-order valence-electron chi connectivity index (χ2n) is 8.61. The minimum atomic E-state index is 0.144. The van der Waals surface area contributed by atoms with E-state index >= 15 is 0 Å². The Hall–Kier alpha value is -3.95. The van der Waals surface area contributed by atoms with E-state index in [4.69, 9.17) is 29.7 Å². The van der Waals surface area contributed by atoms with Crippen molar-refractivity contribution >= 4 is 23.5 Å². The van der Waals surface area contributed by atoms with Crippen LogP contribution in [0.15, 0.2) is 36.4 Å². The number of aromatic nitrogens is 3. The van der Waals surface area contributed by atoms with Gasteiger partial charge in [-0.1, -0.05) is 31.4 Å². The number of nitrogens with zero attached hydrogens (tertiary/aromatic N) is 4. The van der Waals surface area contributed by atoms with Gasteiger partial charge in [0.1, 0.15) is 5.75 Å². The molecule has 1 fully saturated rings. The molecule has 1 aliphatic carbocycles. The summed E-state index contributed by atoms with van der Waals surface area (Å²) in [6.07, 6.45) is 5.83. The van der Waals surface area contributed by atoms with Crippen molar-refractivity contribution in [1.82, 2.24) is 15.0 Å². The number of rotatable bonds is 10. The largest absolute Gasteiger partial charge is 0.497 e. The van der Waals surface area contributed by atoms with Crippen LogP contribution in [0.25, 0.3) is 0 Å². The van der Waals surface area contributed by atoms with Crippen LogP contribution in [0.5, 0.6) is 23.0 Å². The predicted octanol–water partition coefficient (Wildman–Crippen LogP) is 4.57. The molecule has 0 bridgehead atoms. The minimum absolute atomic E-state index is 0.144. The van der Waals surface area contributed by atoms with Gasteiger partial charge in [0.2, 0.25) is 23.6 Å². The molecule has 2 aromatic carbocycles. The van der Waals surface area contributed by atoms with E-state index in [1.54, 1.807) is 28.4 Å². The molecule has 0 unspecified atom stereocenters. The highest BCUT2D eigenvalue weighted by atomic mass is 16.5. The summed E-state index contributed by atoms with van der Waals surface area (Å²) in [6.45, 7) is 0.453. The Bertz CT molecular complexity index is 1130. The Labute approximate surface area is 211 Å². The third kappa shape index (κ3) is 5.81. The predicted molar refractivity (Wildman–Crippen MR) is 140 cm³/mol. The molecule has 36 heavy (non-hydrogen) atoms. The Morgan fingerprint density at radius 2 is 1.53 bits per heavy atom. The highest BCUT2D eigenvalue weighted by Crippen LogP contribution is 2.42. The number of benzene rings is 2. The molecular weight excluding hydrogens is 460 g/mol. The van der Waals surface area contributed by atoms with Crippen molar-refractivity contribution in [2.24, 2.45) is 0 Å². The van der Waals surface area contributed by atoms with E-state index in [0.717, 1.165) is 29.8 Å². The quantitative estimate of drug-likeness (QED) is 0.415. The van der Waals surface area contributed by atoms with Crippen molar-refractivity contribution in [2.75, 3.05) is 44.4 Å². The summed E-state index contributed by atoms with van der Waals surface area (Å²) in [5, 5.41) is 3.46. The molecule has 1 heterocycles. The Morgan fingerprint density at radius 3 is 2.11 bits per heavy atom. The van der Waals surface area contributed by atoms with Gasteiger partial charge in [-0.3, -0.25) is 0 Å². The fourth-order valence-electron chi connectivity index (χ4n) is 4.41. The van der Waals surface area contributed by atoms with Gasteiger partial charge in [0.15, 0.2) is 11.5 Å². The number of methoxy groups -OCH3 is 4. The number of ether oxygens (including phenoxy) is 4. The molecule has 0 amide bonds. The molecule has 1 aliphatic rings. The van der Waals surface area contributed by atoms with Crippen LogP contribution in [-0.4, -0.2) is 49.4 Å². The third-order valence-electron chi connectivity index (χ3n) is 6.28. The van der Waals surface area contributed by atoms with Crippen molar-refractivity contribution in [2.45, 2.75) is 44.7 Å². The first kappa shape index (κ1) is 25.2. The number of nitrogens with two attached hydrogens (primary N) is 1. The number of hydrogen-bond donors (Lipinski definition) is 2. The van der Waals surface area contributed by atoms with Gasteiger partial charge in [0.05, 0.1) is 40.7 Å². The molecule has 0 spiro atoms. The van der Waals surface area contributed by atoms with Crippen LogP contribution in [0.4, 0.5) is 23.5 Å². The van der Waals surface area contributed by atoms with Gasteiger partial charge < -0.3 is 34.9 Å². The average Bonchev–Trinajstić information content (AvgIpc) is 2.91. The number of hydrogen-bond acceptors (Lipinski definition) is 10. The molecule has 0 aliphatic heterocycles. The first-order chi connectivity index (χ1) is 17.5. The van der Waals surface area contributed by atoms with Crippen molar-refractivity contribution < 1.29 is 18.9 Å². The van der Waals surface area contributed by atoms with E-state index < -0.39 is 0 Å². The van der Waals surface area contributed by atoms with Gasteiger partial charge in [-0.25, -0.2) is 0 Å². The van der Waals surface area contributed by atoms with Crippen LogP contribution in [-0.2, 0) is 6.54 Å². The maximum atomic E-state index is 6.15. The van der Waals surface area contributed by atoms with Crippen LogP contribution in [0.1, 0.15) is 37.7 Å². The molecule has 10 nitrogen and oxygen atoms in total. The topological polar surface area (TPSA) is 117 Å². The Morgan fingerprint density at radius 1 is 0.861 bits per heavy atom. The highest BCUT2D eigenvalue weighted by Gasteiger charge is 2.22. The molecule has 3 N–H and O–H groups in total. The van der Waals surface area contributed by atoms with Gasteiger partial charge in [-0.05, 0) is 30.5 Å². The van der Waals surface area contributed by atoms with E-state index in [-0.39, 0.29) is 5.95 Å². The van der Waals surface area contributed by atoms with Crippen LogP contribution < -0.4 is 34.9 Å². The molecular formula is C26H34N6O4. The first-order valence-electron chi connectivity index (χ1n) is 12.0. The van der Waals surface area contributed by atoms with Crippen molar-refractivity contribution in [1.29, 1.82) is 0 Å². The highest BCUT2D eigenvalue weighted by molar-refractivity contribution is 5.68. The number of nitrogen functional groups attached to an aromatic ring is 1. The molecule has 0 radical (unpaired) electrons. The SMILES string of the molecule is COc1ccc(CN(c2cc(OC)c(OC)c(OC)c2)c2nc(N)nc(NC3CCCCC3)n2)cc1. The van der Waals surface area contributed by atoms with Crippen LogP contribution >= 0.6 is 0 Å². The summed E-state index contributed by atoms with van der Waals surface area (Å²) in [4.78, 5) is 15.6. The van der Waals surface area contributed by atoms with E-state index in [1.807, 2.05) is 41.3 Å². The van der Waals surface area contributed by atoms with E-state index in [1.165, 1.54) is 19.3 Å². The fraction of sp³-hybridized carbons (Fsp3) is 0.423. The zero-order valence-corrected chi connectivity index (χ0v) is 21.3. The van der Waals surface area contributed by atoms with Crippen LogP contribution in [0.3, 0.4) is 0 Å². The standard InChI is InChI=1S/C26H34N6O4/c1-33-20-12-10-17(11-13-20)16-32(19-14-21(34-2)23(36-4)22(15-19)35-3)26-30-24(27)29-25(31-26)28-18-8-6-5-7-9-18/h10-15,18H,5-9,16H2,1-4H3,(H3,27,28,29,30,31). The van der Waals surface area contributed by atoms with E-state index in [9.17, 15) is 0 Å². The van der Waals surface area contributed by atoms with Gasteiger partial charge in [0.25, 0.3) is 0 Å². The van der Waals surface area contributed by atoms with Crippen molar-refractivity contribution in [3.05, 3.63) is 42.0 Å². The first-order valence-corrected chi connectivity index (χ1v) is 12.0. The lowest BCUT2D eigenvalue weighted by molar-refractivity contribution is 0.324. The minimum Gasteiger partial charge on any atom is -0.497 e. The van der Waals surface area contributed by atoms with Crippen LogP contribution in [0, 0.1) is 0 Å². The zero-order valence-electron chi connectivity index (χ0n) is 21.3. The molecule has 192 valence electrons. The number of anilines is 4. The molecule has 1 aromatic heterocycles. The summed E-state index contributed by atoms with van der Waals surface area (Å²) in [5.74, 6) is 3.35. The molecule has 0 atom stereocenters. The van der Waals surface area contributed by atoms with Crippen molar-refractivity contribution in [3.63, 3.8) is 0 Å². The molecule has 0 saturated heterocycles. The maximum absolute atomic E-state index is 6.15. The summed E-state index contributed by atoms with van der Waals surface area (Å²) < 4.78 is 22.0. The monoisotopic (exact) mass is 494 g/mol. The molecule has 4 rings (SSSR count). The lowest BCUT2D eigenvalue weighted by Crippen LogP contribution is -2.25. The van der Waals surface area contributed by atoms with E-state index in [0.29, 0.717) is 41.7 Å². The van der Waals surface area contributed by atoms with Gasteiger partial charge in [0, 0.05) is 18.2 Å². The van der Waals surface area contributed by atoms with Gasteiger partial charge in [-0.15, -0.1) is 0 Å². The summed E-state index contributed by atoms with van der Waals surface area (Å²) in [5.41, 5.74) is 7.92. The molecule has 10 heteroatoms. The summed E-state index contributed by atoms with van der Waals surface area (Å²) >= 11 is 0. The lowest BCUT2D eigenvalue weighted by Gasteiger charge is -2.26. The lowest BCUT2D eigenvalue weighted by atomic mass is 9.96. The molecule has 3 aromatic rings. The molecule has 1 saturated carbocycles. The maximum Gasteiger partial charge on any atom is 0.236 e. The second-order valence-corrected chi connectivity index (χ2v) is 8.61. The third-order valence-corrected chi connectivity index (χ3v) is 6.28. The normalized spacial score (nSPS) is 13.7. The summed E-state index contributed by atoms with van der Waals surface area (Å²) in [6, 6.07) is 11.9.